The molecular weight excluding hydrogens is 280 g/mol. The Morgan fingerprint density at radius 2 is 1.90 bits per heavy atom. The third-order valence-electron chi connectivity index (χ3n) is 4.23. The third kappa shape index (κ3) is 3.66. The minimum atomic E-state index is 0.281. The van der Waals surface area contributed by atoms with Crippen molar-refractivity contribution in [1.82, 2.24) is 0 Å². The summed E-state index contributed by atoms with van der Waals surface area (Å²) in [5.41, 5.74) is 5.34. The maximum Gasteiger partial charge on any atom is 0.0825 e. The number of rotatable bonds is 3. The summed E-state index contributed by atoms with van der Waals surface area (Å²) >= 11 is 5.96. The fourth-order valence-electron chi connectivity index (χ4n) is 2.91. The number of hydrogen-bond acceptors (Lipinski definition) is 1. The average Bonchev–Trinajstić information content (AvgIpc) is 2.52. The normalized spacial score (nSPS) is 18.7. The Kier molecular flexibility index (Phi) is 4.62. The van der Waals surface area contributed by atoms with E-state index in [1.165, 1.54) is 35.1 Å². The Balaban J connectivity index is 1.82. The van der Waals surface area contributed by atoms with Crippen molar-refractivity contribution >= 4 is 11.6 Å². The highest BCUT2D eigenvalue weighted by Gasteiger charge is 2.16. The minimum absolute atomic E-state index is 0.281. The Hall–Kier alpha value is -1.31. The maximum absolute atomic E-state index is 5.96. The second-order valence-corrected chi connectivity index (χ2v) is 6.28. The van der Waals surface area contributed by atoms with Crippen molar-refractivity contribution in [3.05, 3.63) is 69.7 Å². The van der Waals surface area contributed by atoms with Gasteiger partial charge in [0, 0.05) is 11.6 Å². The zero-order chi connectivity index (χ0) is 14.7. The van der Waals surface area contributed by atoms with Gasteiger partial charge in [-0.2, -0.15) is 0 Å². The molecule has 1 atom stereocenters. The summed E-state index contributed by atoms with van der Waals surface area (Å²) in [4.78, 5) is 0. The van der Waals surface area contributed by atoms with Crippen LogP contribution in [0.3, 0.4) is 0 Å². The molecule has 0 spiro atoms. The smallest absolute Gasteiger partial charge is 0.0825 e. The second kappa shape index (κ2) is 6.64. The highest BCUT2D eigenvalue weighted by molar-refractivity contribution is 6.30. The van der Waals surface area contributed by atoms with Gasteiger partial charge in [0.2, 0.25) is 0 Å². The first-order valence-corrected chi connectivity index (χ1v) is 8.05. The molecule has 0 radical (unpaired) electrons. The van der Waals surface area contributed by atoms with E-state index in [0.717, 1.165) is 24.5 Å². The molecule has 0 saturated carbocycles. The first kappa shape index (κ1) is 14.6. The number of ether oxygens (including phenoxy) is 1. The van der Waals surface area contributed by atoms with Gasteiger partial charge >= 0.3 is 0 Å². The SMILES string of the molecule is Cc1ccc([C@@H]2CCCCO2)cc1Cc1ccc(Cl)cc1. The van der Waals surface area contributed by atoms with Crippen LogP contribution in [0.4, 0.5) is 0 Å². The van der Waals surface area contributed by atoms with E-state index in [1.54, 1.807) is 0 Å². The molecular formula is C19H21ClO. The second-order valence-electron chi connectivity index (χ2n) is 5.84. The summed E-state index contributed by atoms with van der Waals surface area (Å²) in [6.07, 6.45) is 4.83. The van der Waals surface area contributed by atoms with E-state index in [-0.39, 0.29) is 6.10 Å². The fourth-order valence-corrected chi connectivity index (χ4v) is 3.03. The van der Waals surface area contributed by atoms with Crippen LogP contribution in [-0.2, 0) is 11.2 Å². The molecule has 2 heteroatoms. The van der Waals surface area contributed by atoms with Crippen LogP contribution < -0.4 is 0 Å². The van der Waals surface area contributed by atoms with E-state index in [9.17, 15) is 0 Å². The lowest BCUT2D eigenvalue weighted by atomic mass is 9.94. The Morgan fingerprint density at radius 1 is 1.10 bits per heavy atom. The van der Waals surface area contributed by atoms with Gasteiger partial charge in [-0.05, 0) is 67.0 Å². The molecule has 0 unspecified atom stereocenters. The van der Waals surface area contributed by atoms with Crippen LogP contribution in [0, 0.1) is 6.92 Å². The van der Waals surface area contributed by atoms with E-state index < -0.39 is 0 Å². The molecule has 0 N–H and O–H groups in total. The van der Waals surface area contributed by atoms with E-state index in [2.05, 4.69) is 37.3 Å². The predicted octanol–water partition coefficient (Wildman–Crippen LogP) is 5.48. The summed E-state index contributed by atoms with van der Waals surface area (Å²) in [5, 5.41) is 0.792. The van der Waals surface area contributed by atoms with Gasteiger partial charge < -0.3 is 4.74 Å². The summed E-state index contributed by atoms with van der Waals surface area (Å²) in [5.74, 6) is 0. The van der Waals surface area contributed by atoms with Crippen LogP contribution in [0.1, 0.15) is 47.6 Å². The molecule has 0 aliphatic carbocycles. The van der Waals surface area contributed by atoms with Crippen LogP contribution in [0.25, 0.3) is 0 Å². The monoisotopic (exact) mass is 300 g/mol. The van der Waals surface area contributed by atoms with Gasteiger partial charge in [0.05, 0.1) is 6.10 Å². The van der Waals surface area contributed by atoms with Crippen molar-refractivity contribution in [2.75, 3.05) is 6.61 Å². The maximum atomic E-state index is 5.96. The summed E-state index contributed by atoms with van der Waals surface area (Å²) in [6, 6.07) is 14.9. The molecule has 1 nitrogen and oxygen atoms in total. The minimum Gasteiger partial charge on any atom is -0.374 e. The van der Waals surface area contributed by atoms with Gasteiger partial charge in [0.25, 0.3) is 0 Å². The van der Waals surface area contributed by atoms with Crippen LogP contribution in [0.5, 0.6) is 0 Å². The van der Waals surface area contributed by atoms with Crippen molar-refractivity contribution in [2.24, 2.45) is 0 Å². The lowest BCUT2D eigenvalue weighted by Crippen LogP contribution is -2.12. The standard InChI is InChI=1S/C19H21ClO/c1-14-5-8-16(19-4-2-3-11-21-19)13-17(14)12-15-6-9-18(20)10-7-15/h5-10,13,19H,2-4,11-12H2,1H3/t19-/m0/s1. The quantitative estimate of drug-likeness (QED) is 0.729. The Labute approximate surface area is 131 Å². The molecule has 2 aromatic carbocycles. The van der Waals surface area contributed by atoms with Gasteiger partial charge in [-0.1, -0.05) is 41.9 Å². The van der Waals surface area contributed by atoms with E-state index in [0.29, 0.717) is 0 Å². The van der Waals surface area contributed by atoms with Crippen molar-refractivity contribution in [1.29, 1.82) is 0 Å². The van der Waals surface area contributed by atoms with Gasteiger partial charge in [-0.25, -0.2) is 0 Å². The van der Waals surface area contributed by atoms with E-state index in [4.69, 9.17) is 16.3 Å². The molecule has 0 amide bonds. The van der Waals surface area contributed by atoms with Gasteiger partial charge in [-0.15, -0.1) is 0 Å². The third-order valence-corrected chi connectivity index (χ3v) is 4.48. The molecule has 110 valence electrons. The topological polar surface area (TPSA) is 9.23 Å². The lowest BCUT2D eigenvalue weighted by Gasteiger charge is -2.23. The van der Waals surface area contributed by atoms with Crippen molar-refractivity contribution in [3.63, 3.8) is 0 Å². The zero-order valence-corrected chi connectivity index (χ0v) is 13.2. The van der Waals surface area contributed by atoms with Crippen LogP contribution in [0.15, 0.2) is 42.5 Å². The molecule has 0 bridgehead atoms. The molecule has 1 aliphatic rings. The molecule has 1 saturated heterocycles. The van der Waals surface area contributed by atoms with Gasteiger partial charge in [-0.3, -0.25) is 0 Å². The van der Waals surface area contributed by atoms with Crippen LogP contribution in [-0.4, -0.2) is 6.61 Å². The van der Waals surface area contributed by atoms with E-state index in [1.807, 2.05) is 12.1 Å². The molecule has 2 aromatic rings. The summed E-state index contributed by atoms with van der Waals surface area (Å²) in [7, 11) is 0. The first-order chi connectivity index (χ1) is 10.2. The average molecular weight is 301 g/mol. The number of aryl methyl sites for hydroxylation is 1. The van der Waals surface area contributed by atoms with Crippen LogP contribution >= 0.6 is 11.6 Å². The summed E-state index contributed by atoms with van der Waals surface area (Å²) < 4.78 is 5.91. The summed E-state index contributed by atoms with van der Waals surface area (Å²) in [6.45, 7) is 3.07. The first-order valence-electron chi connectivity index (χ1n) is 7.68. The molecule has 1 aliphatic heterocycles. The number of benzene rings is 2. The molecule has 1 fully saturated rings. The van der Waals surface area contributed by atoms with Crippen molar-refractivity contribution in [3.8, 4) is 0 Å². The lowest BCUT2D eigenvalue weighted by molar-refractivity contribution is 0.0149. The fraction of sp³-hybridized carbons (Fsp3) is 0.368. The highest BCUT2D eigenvalue weighted by Crippen LogP contribution is 2.29. The molecule has 0 aromatic heterocycles. The van der Waals surface area contributed by atoms with Crippen molar-refractivity contribution in [2.45, 2.75) is 38.7 Å². The molecule has 3 rings (SSSR count). The highest BCUT2D eigenvalue weighted by atomic mass is 35.5. The van der Waals surface area contributed by atoms with Gasteiger partial charge in [0.1, 0.15) is 0 Å². The number of hydrogen-bond donors (Lipinski definition) is 0. The molecule has 21 heavy (non-hydrogen) atoms. The largest absolute Gasteiger partial charge is 0.374 e. The zero-order valence-electron chi connectivity index (χ0n) is 12.4. The Bertz CT molecular complexity index is 597. The molecule has 1 heterocycles. The Morgan fingerprint density at radius 3 is 2.62 bits per heavy atom. The van der Waals surface area contributed by atoms with Gasteiger partial charge in [0.15, 0.2) is 0 Å². The van der Waals surface area contributed by atoms with E-state index >= 15 is 0 Å². The van der Waals surface area contributed by atoms with Crippen molar-refractivity contribution < 1.29 is 4.74 Å². The van der Waals surface area contributed by atoms with Crippen LogP contribution in [0.2, 0.25) is 5.02 Å². The number of halogens is 1. The predicted molar refractivity (Wildman–Crippen MR) is 88.0 cm³/mol.